The molecule has 0 radical (unpaired) electrons. The van der Waals surface area contributed by atoms with Crippen LogP contribution in [0.3, 0.4) is 0 Å². The number of hydrogen-bond acceptors (Lipinski definition) is 3. The Morgan fingerprint density at radius 2 is 2.14 bits per heavy atom. The van der Waals surface area contributed by atoms with Crippen molar-refractivity contribution in [1.82, 2.24) is 10.6 Å². The molecule has 0 fully saturated rings. The minimum atomic E-state index is -1.24. The number of rotatable bonds is 7. The lowest BCUT2D eigenvalue weighted by atomic mass is 10.1. The summed E-state index contributed by atoms with van der Waals surface area (Å²) in [5, 5.41) is 14.8. The van der Waals surface area contributed by atoms with Crippen LogP contribution in [0.15, 0.2) is 30.9 Å². The number of hydrogen-bond donors (Lipinski definition) is 3. The van der Waals surface area contributed by atoms with Gasteiger partial charge in [-0.15, -0.1) is 0 Å². The molecule has 0 bridgehead atoms. The summed E-state index contributed by atoms with van der Waals surface area (Å²) >= 11 is 5.80. The predicted octanol–water partition coefficient (Wildman–Crippen LogP) is 1.32. The van der Waals surface area contributed by atoms with Gasteiger partial charge in [-0.3, -0.25) is 9.59 Å². The Hall–Kier alpha value is -1.92. The van der Waals surface area contributed by atoms with Crippen molar-refractivity contribution in [3.8, 4) is 0 Å². The summed E-state index contributed by atoms with van der Waals surface area (Å²) in [5.74, 6) is -1.39. The number of benzene rings is 1. The Bertz CT molecular complexity index is 517. The molecule has 0 aromatic heterocycles. The fourth-order valence-corrected chi connectivity index (χ4v) is 1.89. The van der Waals surface area contributed by atoms with Crippen LogP contribution in [-0.4, -0.2) is 30.0 Å². The maximum absolute atomic E-state index is 13.5. The zero-order valence-electron chi connectivity index (χ0n) is 11.2. The lowest BCUT2D eigenvalue weighted by Crippen LogP contribution is -2.32. The molecule has 1 rings (SSSR count). The molecule has 21 heavy (non-hydrogen) atoms. The zero-order valence-corrected chi connectivity index (χ0v) is 12.0. The van der Waals surface area contributed by atoms with Gasteiger partial charge in [0.05, 0.1) is 0 Å². The van der Waals surface area contributed by atoms with Crippen LogP contribution in [0.1, 0.15) is 18.1 Å². The van der Waals surface area contributed by atoms with Crippen LogP contribution in [0.4, 0.5) is 4.39 Å². The maximum Gasteiger partial charge on any atom is 0.243 e. The normalized spacial score (nSPS) is 11.6. The second kappa shape index (κ2) is 8.39. The Balaban J connectivity index is 2.42. The predicted molar refractivity (Wildman–Crippen MR) is 77.2 cm³/mol. The first kappa shape index (κ1) is 17.1. The minimum absolute atomic E-state index is 0.0390. The molecular formula is C14H16ClFN2O3. The summed E-state index contributed by atoms with van der Waals surface area (Å²) in [4.78, 5) is 22.4. The van der Waals surface area contributed by atoms with Gasteiger partial charge >= 0.3 is 0 Å². The summed E-state index contributed by atoms with van der Waals surface area (Å²) in [6.07, 6.45) is -0.107. The number of aliphatic hydroxyl groups is 1. The van der Waals surface area contributed by atoms with E-state index in [4.69, 9.17) is 11.6 Å². The van der Waals surface area contributed by atoms with Gasteiger partial charge in [-0.1, -0.05) is 24.2 Å². The molecule has 1 aromatic carbocycles. The number of carbonyl (C=O) groups is 2. The second-order valence-electron chi connectivity index (χ2n) is 4.20. The van der Waals surface area contributed by atoms with Crippen LogP contribution in [0.2, 0.25) is 5.02 Å². The molecule has 0 aliphatic carbocycles. The monoisotopic (exact) mass is 314 g/mol. The average Bonchev–Trinajstić information content (AvgIpc) is 2.44. The first-order chi connectivity index (χ1) is 9.95. The van der Waals surface area contributed by atoms with Crippen LogP contribution >= 0.6 is 11.6 Å². The molecule has 0 aliphatic heterocycles. The number of carbonyl (C=O) groups excluding carboxylic acids is 2. The van der Waals surface area contributed by atoms with E-state index in [1.165, 1.54) is 18.2 Å². The first-order valence-electron chi connectivity index (χ1n) is 6.24. The summed E-state index contributed by atoms with van der Waals surface area (Å²) in [7, 11) is 0. The van der Waals surface area contributed by atoms with Gasteiger partial charge in [-0.25, -0.2) is 4.39 Å². The van der Waals surface area contributed by atoms with Crippen LogP contribution in [0.5, 0.6) is 0 Å². The number of nitrogens with one attached hydrogen (secondary N) is 2. The van der Waals surface area contributed by atoms with Crippen molar-refractivity contribution in [1.29, 1.82) is 0 Å². The van der Waals surface area contributed by atoms with Crippen LogP contribution in [0.25, 0.3) is 0 Å². The Morgan fingerprint density at radius 1 is 1.43 bits per heavy atom. The fraction of sp³-hybridized carbons (Fsp3) is 0.286. The van der Waals surface area contributed by atoms with Gasteiger partial charge in [0.25, 0.3) is 0 Å². The molecule has 0 heterocycles. The zero-order chi connectivity index (χ0) is 15.8. The van der Waals surface area contributed by atoms with Crippen LogP contribution in [-0.2, 0) is 9.59 Å². The second-order valence-corrected chi connectivity index (χ2v) is 4.61. The van der Waals surface area contributed by atoms with Crippen molar-refractivity contribution in [3.05, 3.63) is 47.3 Å². The van der Waals surface area contributed by atoms with Crippen LogP contribution in [0, 0.1) is 5.82 Å². The van der Waals surface area contributed by atoms with Gasteiger partial charge in [0.2, 0.25) is 11.8 Å². The summed E-state index contributed by atoms with van der Waals surface area (Å²) in [6.45, 7) is 3.25. The highest BCUT2D eigenvalue weighted by atomic mass is 35.5. The molecule has 1 atom stereocenters. The van der Waals surface area contributed by atoms with E-state index in [9.17, 15) is 19.1 Å². The number of aliphatic hydroxyl groups excluding tert-OH is 1. The van der Waals surface area contributed by atoms with E-state index in [-0.39, 0.29) is 41.9 Å². The molecule has 5 nitrogen and oxygen atoms in total. The molecule has 7 heteroatoms. The highest BCUT2D eigenvalue weighted by Gasteiger charge is 2.17. The molecule has 114 valence electrons. The first-order valence-corrected chi connectivity index (χ1v) is 6.62. The third kappa shape index (κ3) is 5.53. The van der Waals surface area contributed by atoms with E-state index in [2.05, 4.69) is 17.2 Å². The van der Waals surface area contributed by atoms with Gasteiger partial charge < -0.3 is 15.7 Å². The highest BCUT2D eigenvalue weighted by molar-refractivity contribution is 6.31. The van der Waals surface area contributed by atoms with E-state index in [0.717, 1.165) is 6.08 Å². The maximum atomic E-state index is 13.5. The standard InChI is InChI=1S/C14H16ClFN2O3/c1-2-12(20)17-7-6-13(21)18-8-11(19)14-9(15)4-3-5-10(14)16/h2-5,11,19H,1,6-8H2,(H,17,20)(H,18,21). The van der Waals surface area contributed by atoms with Gasteiger partial charge in [0.1, 0.15) is 11.9 Å². The molecule has 1 unspecified atom stereocenters. The van der Waals surface area contributed by atoms with Crippen molar-refractivity contribution in [3.63, 3.8) is 0 Å². The Labute approximate surface area is 126 Å². The molecule has 1 aromatic rings. The lowest BCUT2D eigenvalue weighted by Gasteiger charge is -2.14. The summed E-state index contributed by atoms with van der Waals surface area (Å²) < 4.78 is 13.5. The van der Waals surface area contributed by atoms with Gasteiger partial charge in [-0.2, -0.15) is 0 Å². The van der Waals surface area contributed by atoms with E-state index >= 15 is 0 Å². The lowest BCUT2D eigenvalue weighted by molar-refractivity contribution is -0.121. The smallest absolute Gasteiger partial charge is 0.243 e. The Kier molecular flexibility index (Phi) is 6.84. The molecule has 0 aliphatic rings. The van der Waals surface area contributed by atoms with Crippen molar-refractivity contribution in [2.75, 3.05) is 13.1 Å². The van der Waals surface area contributed by atoms with Gasteiger partial charge in [0.15, 0.2) is 0 Å². The molecule has 0 saturated carbocycles. The number of amides is 2. The largest absolute Gasteiger partial charge is 0.386 e. The number of halogens is 2. The SMILES string of the molecule is C=CC(=O)NCCC(=O)NCC(O)c1c(F)cccc1Cl. The van der Waals surface area contributed by atoms with Crippen LogP contribution < -0.4 is 10.6 Å². The quantitative estimate of drug-likeness (QED) is 0.664. The van der Waals surface area contributed by atoms with E-state index in [1.807, 2.05) is 0 Å². The molecule has 2 amide bonds. The Morgan fingerprint density at radius 3 is 2.76 bits per heavy atom. The van der Waals surface area contributed by atoms with Crippen molar-refractivity contribution >= 4 is 23.4 Å². The van der Waals surface area contributed by atoms with Gasteiger partial charge in [-0.05, 0) is 18.2 Å². The third-order valence-corrected chi connectivity index (χ3v) is 2.99. The topological polar surface area (TPSA) is 78.4 Å². The molecular weight excluding hydrogens is 299 g/mol. The van der Waals surface area contributed by atoms with Gasteiger partial charge in [0, 0.05) is 30.1 Å². The summed E-state index contributed by atoms with van der Waals surface area (Å²) in [5.41, 5.74) is -0.0561. The van der Waals surface area contributed by atoms with Crippen molar-refractivity contribution < 1.29 is 19.1 Å². The fourth-order valence-electron chi connectivity index (χ4n) is 1.60. The van der Waals surface area contributed by atoms with Crippen molar-refractivity contribution in [2.45, 2.75) is 12.5 Å². The minimum Gasteiger partial charge on any atom is -0.386 e. The average molecular weight is 315 g/mol. The van der Waals surface area contributed by atoms with E-state index < -0.39 is 11.9 Å². The molecule has 0 spiro atoms. The summed E-state index contributed by atoms with van der Waals surface area (Å²) in [6, 6.07) is 4.06. The molecule has 3 N–H and O–H groups in total. The van der Waals surface area contributed by atoms with E-state index in [0.29, 0.717) is 0 Å². The van der Waals surface area contributed by atoms with E-state index in [1.54, 1.807) is 0 Å². The van der Waals surface area contributed by atoms with Crippen molar-refractivity contribution in [2.24, 2.45) is 0 Å². The third-order valence-electron chi connectivity index (χ3n) is 2.66. The highest BCUT2D eigenvalue weighted by Crippen LogP contribution is 2.25. The molecule has 0 saturated heterocycles.